The van der Waals surface area contributed by atoms with Crippen molar-refractivity contribution in [1.82, 2.24) is 10.2 Å². The Morgan fingerprint density at radius 1 is 1.17 bits per heavy atom. The maximum Gasteiger partial charge on any atom is 0.242 e. The molecular formula is C18H34N2O3S. The average molecular weight is 359 g/mol. The van der Waals surface area contributed by atoms with Crippen molar-refractivity contribution in [3.8, 4) is 0 Å². The first kappa shape index (κ1) is 21.0. The van der Waals surface area contributed by atoms with E-state index in [0.717, 1.165) is 57.2 Å². The van der Waals surface area contributed by atoms with Crippen molar-refractivity contribution in [2.24, 2.45) is 0 Å². The van der Waals surface area contributed by atoms with Crippen molar-refractivity contribution in [2.45, 2.75) is 76.9 Å². The second-order valence-electron chi connectivity index (χ2n) is 6.31. The SMILES string of the molecule is CCCCCNC(=O)CCCCCN1C(=O)CC(SCCC)C1=O.[HH]. The molecule has 1 aliphatic heterocycles. The number of rotatable bonds is 13. The first-order valence-electron chi connectivity index (χ1n) is 9.32. The Labute approximate surface area is 151 Å². The van der Waals surface area contributed by atoms with E-state index in [1.165, 1.54) is 4.90 Å². The van der Waals surface area contributed by atoms with Gasteiger partial charge in [0.1, 0.15) is 0 Å². The quantitative estimate of drug-likeness (QED) is 0.405. The summed E-state index contributed by atoms with van der Waals surface area (Å²) in [6, 6.07) is 0. The summed E-state index contributed by atoms with van der Waals surface area (Å²) in [5.74, 6) is 0.968. The minimum Gasteiger partial charge on any atom is -0.356 e. The molecule has 0 aromatic rings. The number of imide groups is 1. The van der Waals surface area contributed by atoms with Crippen LogP contribution in [-0.2, 0) is 14.4 Å². The van der Waals surface area contributed by atoms with Crippen LogP contribution in [0.2, 0.25) is 0 Å². The van der Waals surface area contributed by atoms with Crippen molar-refractivity contribution < 1.29 is 15.8 Å². The molecule has 0 spiro atoms. The summed E-state index contributed by atoms with van der Waals surface area (Å²) in [4.78, 5) is 37.2. The molecule has 0 aromatic heterocycles. The van der Waals surface area contributed by atoms with Crippen LogP contribution in [0.25, 0.3) is 0 Å². The van der Waals surface area contributed by atoms with Crippen LogP contribution in [0.5, 0.6) is 0 Å². The molecule has 1 unspecified atom stereocenters. The smallest absolute Gasteiger partial charge is 0.242 e. The number of nitrogens with one attached hydrogen (secondary N) is 1. The fourth-order valence-corrected chi connectivity index (χ4v) is 3.75. The van der Waals surface area contributed by atoms with Gasteiger partial charge in [0.15, 0.2) is 0 Å². The van der Waals surface area contributed by atoms with Crippen LogP contribution in [0.4, 0.5) is 0 Å². The lowest BCUT2D eigenvalue weighted by molar-refractivity contribution is -0.138. The van der Waals surface area contributed by atoms with Gasteiger partial charge < -0.3 is 5.32 Å². The third-order valence-corrected chi connectivity index (χ3v) is 5.53. The summed E-state index contributed by atoms with van der Waals surface area (Å²) in [6.07, 6.45) is 7.70. The van der Waals surface area contributed by atoms with Crippen LogP contribution in [0.15, 0.2) is 0 Å². The number of nitrogens with zero attached hydrogens (tertiary/aromatic N) is 1. The summed E-state index contributed by atoms with van der Waals surface area (Å²) in [7, 11) is 0. The minimum absolute atomic E-state index is 0. The molecule has 24 heavy (non-hydrogen) atoms. The molecule has 1 rings (SSSR count). The van der Waals surface area contributed by atoms with Crippen LogP contribution in [0, 0.1) is 0 Å². The third-order valence-electron chi connectivity index (χ3n) is 4.11. The van der Waals surface area contributed by atoms with Gasteiger partial charge in [0.25, 0.3) is 0 Å². The van der Waals surface area contributed by atoms with E-state index in [4.69, 9.17) is 0 Å². The maximum atomic E-state index is 12.2. The monoisotopic (exact) mass is 358 g/mol. The summed E-state index contributed by atoms with van der Waals surface area (Å²) < 4.78 is 0. The molecule has 5 nitrogen and oxygen atoms in total. The van der Waals surface area contributed by atoms with Crippen LogP contribution < -0.4 is 5.32 Å². The summed E-state index contributed by atoms with van der Waals surface area (Å²) in [6.45, 7) is 5.48. The average Bonchev–Trinajstić information content (AvgIpc) is 2.83. The van der Waals surface area contributed by atoms with E-state index >= 15 is 0 Å². The molecule has 1 fully saturated rings. The molecular weight excluding hydrogens is 324 g/mol. The molecule has 1 N–H and O–H groups in total. The van der Waals surface area contributed by atoms with E-state index < -0.39 is 0 Å². The Hall–Kier alpha value is -1.04. The number of unbranched alkanes of at least 4 members (excludes halogenated alkanes) is 4. The highest BCUT2D eigenvalue weighted by molar-refractivity contribution is 8.00. The highest BCUT2D eigenvalue weighted by atomic mass is 32.2. The van der Waals surface area contributed by atoms with Gasteiger partial charge in [-0.1, -0.05) is 33.1 Å². The normalized spacial score (nSPS) is 17.6. The molecule has 0 bridgehead atoms. The number of carbonyl (C=O) groups excluding carboxylic acids is 3. The molecule has 1 heterocycles. The standard InChI is InChI=1S/C18H32N2O3S.H2/c1-3-5-8-11-19-16(21)10-7-6-9-12-20-17(22)14-15(18(20)23)24-13-4-2;/h15H,3-14H2,1-2H3,(H,19,21);1H. The highest BCUT2D eigenvalue weighted by Crippen LogP contribution is 2.25. The topological polar surface area (TPSA) is 66.5 Å². The summed E-state index contributed by atoms with van der Waals surface area (Å²) in [5, 5.41) is 2.75. The van der Waals surface area contributed by atoms with Gasteiger partial charge in [-0.25, -0.2) is 0 Å². The van der Waals surface area contributed by atoms with Crippen molar-refractivity contribution in [1.29, 1.82) is 0 Å². The molecule has 0 radical (unpaired) electrons. The Kier molecular flexibility index (Phi) is 10.8. The molecule has 1 aliphatic rings. The molecule has 3 amide bonds. The number of thioether (sulfide) groups is 1. The predicted octanol–water partition coefficient (Wildman–Crippen LogP) is 3.37. The fraction of sp³-hybridized carbons (Fsp3) is 0.833. The second kappa shape index (κ2) is 12.3. The first-order chi connectivity index (χ1) is 11.6. The first-order valence-corrected chi connectivity index (χ1v) is 10.4. The number of hydrogen-bond acceptors (Lipinski definition) is 4. The van der Waals surface area contributed by atoms with Crippen molar-refractivity contribution in [3.63, 3.8) is 0 Å². The lowest BCUT2D eigenvalue weighted by Gasteiger charge is -2.14. The Bertz CT molecular complexity index is 421. The maximum absolute atomic E-state index is 12.2. The number of likely N-dealkylation sites (tertiary alicyclic amines) is 1. The van der Waals surface area contributed by atoms with Gasteiger partial charge in [0.05, 0.1) is 5.25 Å². The van der Waals surface area contributed by atoms with E-state index in [0.29, 0.717) is 19.4 Å². The van der Waals surface area contributed by atoms with Gasteiger partial charge >= 0.3 is 0 Å². The lowest BCUT2D eigenvalue weighted by Crippen LogP contribution is -2.32. The van der Waals surface area contributed by atoms with E-state index in [1.54, 1.807) is 11.8 Å². The molecule has 0 aromatic carbocycles. The van der Waals surface area contributed by atoms with Gasteiger partial charge in [-0.2, -0.15) is 0 Å². The van der Waals surface area contributed by atoms with Crippen molar-refractivity contribution >= 4 is 29.5 Å². The minimum atomic E-state index is -0.175. The largest absolute Gasteiger partial charge is 0.356 e. The molecule has 0 aliphatic carbocycles. The van der Waals surface area contributed by atoms with Gasteiger partial charge in [-0.05, 0) is 31.4 Å². The van der Waals surface area contributed by atoms with Gasteiger partial charge in [-0.3, -0.25) is 19.3 Å². The second-order valence-corrected chi connectivity index (χ2v) is 7.63. The summed E-state index contributed by atoms with van der Waals surface area (Å²) >= 11 is 1.59. The van der Waals surface area contributed by atoms with E-state index in [9.17, 15) is 14.4 Å². The van der Waals surface area contributed by atoms with E-state index in [-0.39, 0.29) is 24.4 Å². The molecule has 140 valence electrons. The number of amides is 3. The molecule has 1 saturated heterocycles. The zero-order chi connectivity index (χ0) is 17.8. The van der Waals surface area contributed by atoms with Crippen LogP contribution in [0.1, 0.15) is 73.1 Å². The Balaban J connectivity index is 0.00000576. The lowest BCUT2D eigenvalue weighted by atomic mass is 10.1. The highest BCUT2D eigenvalue weighted by Gasteiger charge is 2.37. The number of hydrogen-bond donors (Lipinski definition) is 1. The number of carbonyl (C=O) groups is 3. The van der Waals surface area contributed by atoms with Crippen molar-refractivity contribution in [3.05, 3.63) is 0 Å². The van der Waals surface area contributed by atoms with Crippen LogP contribution in [0.3, 0.4) is 0 Å². The van der Waals surface area contributed by atoms with Gasteiger partial charge in [0.2, 0.25) is 17.7 Å². The zero-order valence-corrected chi connectivity index (χ0v) is 16.0. The molecule has 1 atom stereocenters. The zero-order valence-electron chi connectivity index (χ0n) is 15.1. The van der Waals surface area contributed by atoms with Gasteiger partial charge in [0, 0.05) is 27.4 Å². The third kappa shape index (κ3) is 7.69. The Morgan fingerprint density at radius 3 is 2.67 bits per heavy atom. The summed E-state index contributed by atoms with van der Waals surface area (Å²) in [5.41, 5.74) is 0. The van der Waals surface area contributed by atoms with Gasteiger partial charge in [-0.15, -0.1) is 11.8 Å². The van der Waals surface area contributed by atoms with Crippen LogP contribution in [-0.4, -0.2) is 46.7 Å². The van der Waals surface area contributed by atoms with Crippen molar-refractivity contribution in [2.75, 3.05) is 18.8 Å². The fourth-order valence-electron chi connectivity index (χ4n) is 2.70. The predicted molar refractivity (Wildman–Crippen MR) is 101 cm³/mol. The van der Waals surface area contributed by atoms with E-state index in [1.807, 2.05) is 0 Å². The van der Waals surface area contributed by atoms with E-state index in [2.05, 4.69) is 19.2 Å². The van der Waals surface area contributed by atoms with Crippen LogP contribution >= 0.6 is 11.8 Å². The molecule has 6 heteroatoms. The molecule has 0 saturated carbocycles. The Morgan fingerprint density at radius 2 is 1.96 bits per heavy atom.